The summed E-state index contributed by atoms with van der Waals surface area (Å²) in [5, 5.41) is 3.46. The first-order valence-electron chi connectivity index (χ1n) is 10.6. The van der Waals surface area contributed by atoms with Gasteiger partial charge in [-0.05, 0) is 36.9 Å². The van der Waals surface area contributed by atoms with Crippen molar-refractivity contribution in [2.45, 2.75) is 50.7 Å². The number of halogens is 2. The monoisotopic (exact) mass is 451 g/mol. The molecule has 1 aromatic heterocycles. The Bertz CT molecular complexity index is 878. The van der Waals surface area contributed by atoms with Gasteiger partial charge in [0.2, 0.25) is 5.91 Å². The van der Waals surface area contributed by atoms with Gasteiger partial charge in [0.15, 0.2) is 0 Å². The van der Waals surface area contributed by atoms with Gasteiger partial charge in [-0.3, -0.25) is 9.69 Å². The van der Waals surface area contributed by atoms with Gasteiger partial charge in [0, 0.05) is 38.3 Å². The fourth-order valence-corrected chi connectivity index (χ4v) is 5.48. The van der Waals surface area contributed by atoms with E-state index in [9.17, 15) is 4.79 Å². The second-order valence-electron chi connectivity index (χ2n) is 8.32. The average molecular weight is 452 g/mol. The van der Waals surface area contributed by atoms with Crippen LogP contribution in [0.5, 0.6) is 0 Å². The molecule has 1 amide bonds. The molecule has 0 unspecified atom stereocenters. The van der Waals surface area contributed by atoms with E-state index in [4.69, 9.17) is 4.98 Å². The van der Waals surface area contributed by atoms with Crippen molar-refractivity contribution in [2.75, 3.05) is 26.2 Å². The summed E-state index contributed by atoms with van der Waals surface area (Å²) in [6, 6.07) is 8.35. The molecule has 0 saturated carbocycles. The number of rotatable bonds is 2. The summed E-state index contributed by atoms with van der Waals surface area (Å²) in [4.78, 5) is 25.9. The topological polar surface area (TPSA) is 64.3 Å². The van der Waals surface area contributed by atoms with E-state index in [0.29, 0.717) is 0 Å². The summed E-state index contributed by atoms with van der Waals surface area (Å²) >= 11 is 0. The molecule has 0 aliphatic carbocycles. The standard InChI is InChI=1S/C22H29N5O.2ClH/c1-2-27-10-7-18-20(25-15-24-18)22(27)8-11-26(12-9-22)21(28)19-13-16-5-3-4-6-17(16)14-23-19;;/h3-6,15,19,23H,2,7-14H2,1H3,(H,24,25);2*1H/t19-;;/m1../s1. The van der Waals surface area contributed by atoms with Gasteiger partial charge in [-0.2, -0.15) is 0 Å². The Hall–Kier alpha value is -1.60. The first kappa shape index (κ1) is 23.1. The number of carbonyl (C=O) groups excluding carboxylic acids is 1. The number of fused-ring (bicyclic) bond motifs is 3. The molecule has 0 radical (unpaired) electrons. The van der Waals surface area contributed by atoms with Crippen LogP contribution >= 0.6 is 24.8 Å². The van der Waals surface area contributed by atoms with E-state index in [0.717, 1.165) is 58.4 Å². The van der Waals surface area contributed by atoms with Crippen molar-refractivity contribution in [1.29, 1.82) is 0 Å². The molecule has 30 heavy (non-hydrogen) atoms. The minimum absolute atomic E-state index is 0. The summed E-state index contributed by atoms with van der Waals surface area (Å²) in [5.74, 6) is 0.255. The molecule has 8 heteroatoms. The Morgan fingerprint density at radius 3 is 2.63 bits per heavy atom. The number of hydrogen-bond acceptors (Lipinski definition) is 4. The lowest BCUT2D eigenvalue weighted by molar-refractivity contribution is -0.137. The van der Waals surface area contributed by atoms with Gasteiger partial charge >= 0.3 is 0 Å². The lowest BCUT2D eigenvalue weighted by atomic mass is 9.78. The summed E-state index contributed by atoms with van der Waals surface area (Å²) in [6.07, 6.45) is 5.61. The van der Waals surface area contributed by atoms with Crippen LogP contribution < -0.4 is 5.32 Å². The van der Waals surface area contributed by atoms with Crippen molar-refractivity contribution >= 4 is 30.7 Å². The maximum atomic E-state index is 13.2. The van der Waals surface area contributed by atoms with E-state index in [1.807, 2.05) is 6.33 Å². The number of nitrogens with one attached hydrogen (secondary N) is 2. The van der Waals surface area contributed by atoms with Crippen molar-refractivity contribution in [1.82, 2.24) is 25.1 Å². The number of carbonyl (C=O) groups is 1. The lowest BCUT2D eigenvalue weighted by Gasteiger charge is -2.50. The number of nitrogens with zero attached hydrogens (tertiary/aromatic N) is 3. The number of likely N-dealkylation sites (N-methyl/N-ethyl adjacent to an activating group) is 1. The highest BCUT2D eigenvalue weighted by atomic mass is 35.5. The highest BCUT2D eigenvalue weighted by Gasteiger charge is 2.47. The molecule has 5 rings (SSSR count). The van der Waals surface area contributed by atoms with E-state index in [1.165, 1.54) is 22.5 Å². The number of imidazole rings is 1. The molecule has 1 fully saturated rings. The van der Waals surface area contributed by atoms with Crippen LogP contribution in [0.4, 0.5) is 0 Å². The fourth-order valence-electron chi connectivity index (χ4n) is 5.48. The highest BCUT2D eigenvalue weighted by Crippen LogP contribution is 2.42. The van der Waals surface area contributed by atoms with Gasteiger partial charge in [0.25, 0.3) is 0 Å². The summed E-state index contributed by atoms with van der Waals surface area (Å²) in [7, 11) is 0. The van der Waals surface area contributed by atoms with Crippen LogP contribution in [0.1, 0.15) is 42.3 Å². The number of aromatic nitrogens is 2. The third-order valence-corrected chi connectivity index (χ3v) is 7.06. The normalized spacial score (nSPS) is 22.4. The predicted molar refractivity (Wildman–Crippen MR) is 122 cm³/mol. The number of hydrogen-bond donors (Lipinski definition) is 2. The molecule has 1 spiro atoms. The van der Waals surface area contributed by atoms with Crippen LogP contribution in [-0.4, -0.2) is 57.9 Å². The summed E-state index contributed by atoms with van der Waals surface area (Å²) in [6.45, 7) is 6.73. The molecule has 1 atom stereocenters. The Labute approximate surface area is 190 Å². The van der Waals surface area contributed by atoms with Crippen LogP contribution in [0.15, 0.2) is 30.6 Å². The minimum atomic E-state index is -0.0986. The van der Waals surface area contributed by atoms with E-state index in [2.05, 4.69) is 51.3 Å². The number of H-pyrrole nitrogens is 1. The van der Waals surface area contributed by atoms with E-state index in [1.54, 1.807) is 0 Å². The van der Waals surface area contributed by atoms with Gasteiger partial charge < -0.3 is 15.2 Å². The van der Waals surface area contributed by atoms with Crippen LogP contribution in [0.25, 0.3) is 0 Å². The summed E-state index contributed by atoms with van der Waals surface area (Å²) < 4.78 is 0. The number of likely N-dealkylation sites (tertiary alicyclic amines) is 1. The Balaban J connectivity index is 0.00000128. The zero-order valence-electron chi connectivity index (χ0n) is 17.4. The minimum Gasteiger partial charge on any atom is -0.348 e. The molecule has 0 bridgehead atoms. The average Bonchev–Trinajstić information content (AvgIpc) is 3.24. The van der Waals surface area contributed by atoms with Gasteiger partial charge in [0.05, 0.1) is 23.6 Å². The fraction of sp³-hybridized carbons (Fsp3) is 0.545. The molecule has 164 valence electrons. The van der Waals surface area contributed by atoms with Gasteiger partial charge in [-0.15, -0.1) is 24.8 Å². The molecule has 1 saturated heterocycles. The number of aromatic amines is 1. The Morgan fingerprint density at radius 2 is 1.90 bits per heavy atom. The summed E-state index contributed by atoms with van der Waals surface area (Å²) in [5.41, 5.74) is 5.12. The van der Waals surface area contributed by atoms with Gasteiger partial charge in [-0.1, -0.05) is 31.2 Å². The SMILES string of the molecule is CCN1CCc2[nH]cnc2C12CCN(C(=O)[C@H]1Cc3ccccc3CN1)CC2.Cl.Cl. The molecule has 2 N–H and O–H groups in total. The number of benzene rings is 1. The first-order valence-corrected chi connectivity index (χ1v) is 10.6. The predicted octanol–water partition coefficient (Wildman–Crippen LogP) is 2.66. The van der Waals surface area contributed by atoms with Crippen LogP contribution in [0.3, 0.4) is 0 Å². The van der Waals surface area contributed by atoms with E-state index >= 15 is 0 Å². The quantitative estimate of drug-likeness (QED) is 0.736. The third-order valence-electron chi connectivity index (χ3n) is 7.06. The van der Waals surface area contributed by atoms with Gasteiger partial charge in [-0.25, -0.2) is 4.98 Å². The van der Waals surface area contributed by atoms with Crippen LogP contribution in [0.2, 0.25) is 0 Å². The Kier molecular flexibility index (Phi) is 7.13. The largest absolute Gasteiger partial charge is 0.348 e. The lowest BCUT2D eigenvalue weighted by Crippen LogP contribution is -2.59. The van der Waals surface area contributed by atoms with Crippen molar-refractivity contribution in [3.8, 4) is 0 Å². The van der Waals surface area contributed by atoms with Crippen molar-refractivity contribution < 1.29 is 4.79 Å². The molecule has 1 aromatic carbocycles. The highest BCUT2D eigenvalue weighted by molar-refractivity contribution is 5.85. The second kappa shape index (κ2) is 9.27. The zero-order valence-corrected chi connectivity index (χ0v) is 19.0. The number of piperidine rings is 1. The maximum Gasteiger partial charge on any atom is 0.240 e. The molecule has 6 nitrogen and oxygen atoms in total. The second-order valence-corrected chi connectivity index (χ2v) is 8.32. The molecule has 3 aliphatic rings. The molecular weight excluding hydrogens is 421 g/mol. The maximum absolute atomic E-state index is 13.2. The van der Waals surface area contributed by atoms with Crippen molar-refractivity contribution in [3.63, 3.8) is 0 Å². The molecule has 3 aliphatic heterocycles. The van der Waals surface area contributed by atoms with Crippen molar-refractivity contribution in [3.05, 3.63) is 53.1 Å². The van der Waals surface area contributed by atoms with Crippen LogP contribution in [0, 0.1) is 0 Å². The van der Waals surface area contributed by atoms with Gasteiger partial charge in [0.1, 0.15) is 0 Å². The first-order chi connectivity index (χ1) is 13.7. The molecule has 4 heterocycles. The van der Waals surface area contributed by atoms with E-state index in [-0.39, 0.29) is 42.3 Å². The zero-order chi connectivity index (χ0) is 19.1. The molecular formula is C22H31Cl2N5O. The third kappa shape index (κ3) is 3.75. The van der Waals surface area contributed by atoms with E-state index < -0.39 is 0 Å². The smallest absolute Gasteiger partial charge is 0.240 e. The number of amides is 1. The Morgan fingerprint density at radius 1 is 1.17 bits per heavy atom. The van der Waals surface area contributed by atoms with Crippen LogP contribution in [-0.2, 0) is 29.7 Å². The van der Waals surface area contributed by atoms with Crippen molar-refractivity contribution in [2.24, 2.45) is 0 Å². The molecule has 2 aromatic rings.